The minimum absolute atomic E-state index is 0.267. The lowest BCUT2D eigenvalue weighted by Crippen LogP contribution is -2.34. The maximum atomic E-state index is 12.3. The zero-order chi connectivity index (χ0) is 15.5. The number of benzene rings is 1. The van der Waals surface area contributed by atoms with Crippen molar-refractivity contribution in [1.82, 2.24) is 18.4 Å². The second-order valence-electron chi connectivity index (χ2n) is 4.44. The largest absolute Gasteiger partial charge is 0.320 e. The molecule has 21 heavy (non-hydrogen) atoms. The normalized spacial score (nSPS) is 12.2. The monoisotopic (exact) mass is 349 g/mol. The van der Waals surface area contributed by atoms with Gasteiger partial charge in [-0.1, -0.05) is 11.6 Å². The molecule has 0 bridgehead atoms. The summed E-state index contributed by atoms with van der Waals surface area (Å²) in [4.78, 5) is 0. The van der Waals surface area contributed by atoms with E-state index in [4.69, 9.17) is 11.6 Å². The highest BCUT2D eigenvalue weighted by atomic mass is 35.5. The summed E-state index contributed by atoms with van der Waals surface area (Å²) in [5, 5.41) is 3.27. The lowest BCUT2D eigenvalue weighted by molar-refractivity contribution is 0.462. The van der Waals surface area contributed by atoms with Crippen molar-refractivity contribution in [1.29, 1.82) is 0 Å². The number of hydrogen-bond donors (Lipinski definition) is 2. The predicted molar refractivity (Wildman–Crippen MR) is 86.1 cm³/mol. The Morgan fingerprint density at radius 3 is 2.86 bits per heavy atom. The molecule has 1 heterocycles. The van der Waals surface area contributed by atoms with Crippen LogP contribution in [0.5, 0.6) is 0 Å². The minimum atomic E-state index is -3.68. The molecule has 7 nitrogen and oxygen atoms in total. The molecule has 0 radical (unpaired) electrons. The summed E-state index contributed by atoms with van der Waals surface area (Å²) in [5.74, 6) is 0. The Kier molecular flexibility index (Phi) is 5.33. The molecule has 0 spiro atoms. The molecule has 0 amide bonds. The zero-order valence-corrected chi connectivity index (χ0v) is 14.0. The molecule has 0 atom stereocenters. The molecule has 0 saturated carbocycles. The maximum absolute atomic E-state index is 12.3. The number of aromatic nitrogens is 2. The zero-order valence-electron chi connectivity index (χ0n) is 11.6. The first-order valence-corrected chi connectivity index (χ1v) is 8.80. The number of halogens is 1. The van der Waals surface area contributed by atoms with Gasteiger partial charge in [-0.2, -0.15) is 21.5 Å². The molecule has 0 unspecified atom stereocenters. The fourth-order valence-corrected chi connectivity index (χ4v) is 3.52. The van der Waals surface area contributed by atoms with Gasteiger partial charge in [0.25, 0.3) is 0 Å². The Morgan fingerprint density at radius 2 is 2.14 bits per heavy atom. The highest BCUT2D eigenvalue weighted by Crippen LogP contribution is 2.30. The fourth-order valence-electron chi connectivity index (χ4n) is 1.73. The maximum Gasteiger partial charge on any atom is 0.301 e. The van der Waals surface area contributed by atoms with E-state index in [-0.39, 0.29) is 5.69 Å². The summed E-state index contributed by atoms with van der Waals surface area (Å²) in [7, 11) is -0.337. The van der Waals surface area contributed by atoms with Crippen molar-refractivity contribution in [2.45, 2.75) is 6.42 Å². The molecule has 0 aliphatic heterocycles. The Labute approximate surface area is 132 Å². The number of nitrogens with zero attached hydrogens (tertiary/aromatic N) is 3. The Hall–Kier alpha value is -1.00. The van der Waals surface area contributed by atoms with Gasteiger partial charge in [0.2, 0.25) is 0 Å². The molecule has 1 aromatic carbocycles. The molecular formula is C11H16ClN5O2S2. The van der Waals surface area contributed by atoms with Crippen LogP contribution in [0.3, 0.4) is 0 Å². The number of hydrogen-bond acceptors (Lipinski definition) is 6. The van der Waals surface area contributed by atoms with Crippen LogP contribution in [0.4, 0.5) is 5.69 Å². The minimum Gasteiger partial charge on any atom is -0.320 e. The van der Waals surface area contributed by atoms with E-state index in [9.17, 15) is 8.42 Å². The summed E-state index contributed by atoms with van der Waals surface area (Å²) in [6, 6.07) is 3.31. The Morgan fingerprint density at radius 1 is 1.38 bits per heavy atom. The van der Waals surface area contributed by atoms with Gasteiger partial charge in [0.1, 0.15) is 11.0 Å². The van der Waals surface area contributed by atoms with Crippen LogP contribution < -0.4 is 10.0 Å². The van der Waals surface area contributed by atoms with E-state index >= 15 is 0 Å². The third kappa shape index (κ3) is 3.80. The molecule has 0 saturated heterocycles. The van der Waals surface area contributed by atoms with Gasteiger partial charge < -0.3 is 5.32 Å². The van der Waals surface area contributed by atoms with E-state index in [1.165, 1.54) is 11.4 Å². The highest BCUT2D eigenvalue weighted by Gasteiger charge is 2.21. The summed E-state index contributed by atoms with van der Waals surface area (Å²) < 4.78 is 36.5. The third-order valence-corrected chi connectivity index (χ3v) is 5.24. The SMILES string of the molecule is CNCCCN(C)S(=O)(=O)Nc1c(Cl)ccc2nsnc12. The molecule has 0 aliphatic carbocycles. The molecule has 0 aliphatic rings. The van der Waals surface area contributed by atoms with Crippen LogP contribution in [0.15, 0.2) is 12.1 Å². The van der Waals surface area contributed by atoms with E-state index in [0.717, 1.165) is 18.3 Å². The van der Waals surface area contributed by atoms with Crippen molar-refractivity contribution in [3.63, 3.8) is 0 Å². The average Bonchev–Trinajstić information content (AvgIpc) is 2.91. The van der Waals surface area contributed by atoms with Crippen LogP contribution in [-0.4, -0.2) is 48.7 Å². The van der Waals surface area contributed by atoms with E-state index in [1.807, 2.05) is 7.05 Å². The van der Waals surface area contributed by atoms with E-state index < -0.39 is 10.2 Å². The standard InChI is InChI=1S/C11H16ClN5O2S2/c1-13-6-3-7-17(2)21(18,19)16-10-8(12)4-5-9-11(10)15-20-14-9/h4-5,13,16H,3,6-7H2,1-2H3. The van der Waals surface area contributed by atoms with Gasteiger partial charge >= 0.3 is 10.2 Å². The van der Waals surface area contributed by atoms with Crippen molar-refractivity contribution in [2.75, 3.05) is 31.9 Å². The first kappa shape index (κ1) is 16.4. The lowest BCUT2D eigenvalue weighted by Gasteiger charge is -2.18. The second-order valence-corrected chi connectivity index (χ2v) is 7.15. The number of nitrogens with one attached hydrogen (secondary N) is 2. The molecule has 2 N–H and O–H groups in total. The summed E-state index contributed by atoms with van der Waals surface area (Å²) in [6.07, 6.45) is 0.712. The molecule has 2 aromatic rings. The molecule has 10 heteroatoms. The molecular weight excluding hydrogens is 334 g/mol. The number of fused-ring (bicyclic) bond motifs is 1. The van der Waals surface area contributed by atoms with Crippen LogP contribution in [0.2, 0.25) is 5.02 Å². The van der Waals surface area contributed by atoms with Crippen LogP contribution in [-0.2, 0) is 10.2 Å². The Bertz CT molecular complexity index is 718. The Balaban J connectivity index is 2.22. The lowest BCUT2D eigenvalue weighted by atomic mass is 10.3. The predicted octanol–water partition coefficient (Wildman–Crippen LogP) is 1.54. The fraction of sp³-hybridized carbons (Fsp3) is 0.455. The second kappa shape index (κ2) is 6.84. The quantitative estimate of drug-likeness (QED) is 0.740. The average molecular weight is 350 g/mol. The summed E-state index contributed by atoms with van der Waals surface area (Å²) >= 11 is 7.09. The van der Waals surface area contributed by atoms with Gasteiger partial charge in [-0.05, 0) is 32.1 Å². The van der Waals surface area contributed by atoms with Gasteiger partial charge in [-0.3, -0.25) is 4.72 Å². The highest BCUT2D eigenvalue weighted by molar-refractivity contribution is 7.90. The number of rotatable bonds is 7. The number of anilines is 1. The molecule has 0 fully saturated rings. The van der Waals surface area contributed by atoms with Crippen LogP contribution in [0.1, 0.15) is 6.42 Å². The van der Waals surface area contributed by atoms with E-state index in [2.05, 4.69) is 18.8 Å². The van der Waals surface area contributed by atoms with Crippen molar-refractivity contribution in [3.8, 4) is 0 Å². The first-order valence-electron chi connectivity index (χ1n) is 6.25. The summed E-state index contributed by atoms with van der Waals surface area (Å²) in [6.45, 7) is 1.14. The van der Waals surface area contributed by atoms with E-state index in [1.54, 1.807) is 12.1 Å². The topological polar surface area (TPSA) is 87.2 Å². The smallest absolute Gasteiger partial charge is 0.301 e. The van der Waals surface area contributed by atoms with Crippen molar-refractivity contribution in [2.24, 2.45) is 0 Å². The van der Waals surface area contributed by atoms with Crippen LogP contribution in [0, 0.1) is 0 Å². The van der Waals surface area contributed by atoms with Crippen molar-refractivity contribution >= 4 is 50.3 Å². The van der Waals surface area contributed by atoms with E-state index in [0.29, 0.717) is 29.0 Å². The van der Waals surface area contributed by atoms with Crippen molar-refractivity contribution < 1.29 is 8.42 Å². The van der Waals surface area contributed by atoms with Crippen molar-refractivity contribution in [3.05, 3.63) is 17.2 Å². The molecule has 2 rings (SSSR count). The van der Waals surface area contributed by atoms with Gasteiger partial charge in [0.05, 0.1) is 22.4 Å². The van der Waals surface area contributed by atoms with Crippen LogP contribution in [0.25, 0.3) is 11.0 Å². The van der Waals surface area contributed by atoms with Gasteiger partial charge in [0.15, 0.2) is 0 Å². The summed E-state index contributed by atoms with van der Waals surface area (Å²) in [5.41, 5.74) is 1.34. The van der Waals surface area contributed by atoms with Crippen LogP contribution >= 0.6 is 23.3 Å². The third-order valence-electron chi connectivity index (χ3n) is 2.92. The van der Waals surface area contributed by atoms with Gasteiger partial charge in [0, 0.05) is 13.6 Å². The van der Waals surface area contributed by atoms with Gasteiger partial charge in [-0.25, -0.2) is 0 Å². The molecule has 116 valence electrons. The van der Waals surface area contributed by atoms with Gasteiger partial charge in [-0.15, -0.1) is 0 Å². The molecule has 1 aromatic heterocycles. The first-order chi connectivity index (χ1) is 9.95.